The molecular formula is C16H16N4. The Bertz CT molecular complexity index is 734. The third-order valence-corrected chi connectivity index (χ3v) is 3.39. The van der Waals surface area contributed by atoms with E-state index in [2.05, 4.69) is 22.4 Å². The molecule has 4 nitrogen and oxygen atoms in total. The number of nitrogen functional groups attached to an aromatic ring is 1. The average Bonchev–Trinajstić information content (AvgIpc) is 2.48. The van der Waals surface area contributed by atoms with Crippen LogP contribution >= 0.6 is 0 Å². The zero-order valence-electron chi connectivity index (χ0n) is 11.2. The smallest absolute Gasteiger partial charge is 0.157 e. The molecule has 0 bridgehead atoms. The van der Waals surface area contributed by atoms with Crippen LogP contribution in [0.1, 0.15) is 18.5 Å². The number of nitrogens with one attached hydrogen (secondary N) is 1. The van der Waals surface area contributed by atoms with Crippen molar-refractivity contribution in [3.05, 3.63) is 60.3 Å². The van der Waals surface area contributed by atoms with Crippen LogP contribution in [0.2, 0.25) is 0 Å². The van der Waals surface area contributed by atoms with Gasteiger partial charge in [0.25, 0.3) is 0 Å². The number of anilines is 2. The molecule has 0 radical (unpaired) electrons. The molecule has 0 aliphatic heterocycles. The summed E-state index contributed by atoms with van der Waals surface area (Å²) >= 11 is 0. The molecule has 1 heterocycles. The average molecular weight is 264 g/mol. The van der Waals surface area contributed by atoms with Gasteiger partial charge in [-0.15, -0.1) is 5.10 Å². The quantitative estimate of drug-likeness (QED) is 0.712. The highest BCUT2D eigenvalue weighted by Crippen LogP contribution is 2.26. The molecule has 0 aliphatic carbocycles. The van der Waals surface area contributed by atoms with E-state index in [-0.39, 0.29) is 6.04 Å². The Morgan fingerprint density at radius 3 is 2.65 bits per heavy atom. The van der Waals surface area contributed by atoms with Gasteiger partial charge in [0, 0.05) is 16.5 Å². The monoisotopic (exact) mass is 264 g/mol. The van der Waals surface area contributed by atoms with Crippen molar-refractivity contribution < 1.29 is 0 Å². The second-order valence-electron chi connectivity index (χ2n) is 4.78. The van der Waals surface area contributed by atoms with Crippen molar-refractivity contribution in [3.8, 4) is 0 Å². The molecule has 0 amide bonds. The fraction of sp³-hybridized carbons (Fsp3) is 0.125. The molecular weight excluding hydrogens is 248 g/mol. The van der Waals surface area contributed by atoms with Gasteiger partial charge in [-0.25, -0.2) is 0 Å². The lowest BCUT2D eigenvalue weighted by atomic mass is 10.1. The van der Waals surface area contributed by atoms with Crippen molar-refractivity contribution in [3.63, 3.8) is 0 Å². The molecule has 20 heavy (non-hydrogen) atoms. The third kappa shape index (κ3) is 2.28. The van der Waals surface area contributed by atoms with Crippen LogP contribution in [0.15, 0.2) is 54.7 Å². The van der Waals surface area contributed by atoms with Gasteiger partial charge in [-0.05, 0) is 18.6 Å². The zero-order valence-corrected chi connectivity index (χ0v) is 11.2. The van der Waals surface area contributed by atoms with Gasteiger partial charge >= 0.3 is 0 Å². The Kier molecular flexibility index (Phi) is 3.21. The molecule has 1 atom stereocenters. The first-order chi connectivity index (χ1) is 9.75. The maximum atomic E-state index is 6.01. The molecule has 0 spiro atoms. The normalized spacial score (nSPS) is 12.2. The van der Waals surface area contributed by atoms with Crippen LogP contribution in [0.25, 0.3) is 10.8 Å². The second-order valence-corrected chi connectivity index (χ2v) is 4.78. The lowest BCUT2D eigenvalue weighted by Crippen LogP contribution is -2.10. The lowest BCUT2D eigenvalue weighted by Gasteiger charge is -2.17. The first-order valence-electron chi connectivity index (χ1n) is 6.57. The zero-order chi connectivity index (χ0) is 13.9. The van der Waals surface area contributed by atoms with Crippen LogP contribution in [0.4, 0.5) is 11.5 Å². The SMILES string of the molecule is CC(Nc1nncc2ccccc12)c1ccccc1N. The van der Waals surface area contributed by atoms with E-state index in [9.17, 15) is 0 Å². The van der Waals surface area contributed by atoms with Crippen LogP contribution in [-0.2, 0) is 0 Å². The van der Waals surface area contributed by atoms with E-state index < -0.39 is 0 Å². The van der Waals surface area contributed by atoms with Crippen molar-refractivity contribution in [1.82, 2.24) is 10.2 Å². The second kappa shape index (κ2) is 5.17. The number of rotatable bonds is 3. The van der Waals surface area contributed by atoms with Crippen molar-refractivity contribution in [2.24, 2.45) is 0 Å². The van der Waals surface area contributed by atoms with E-state index in [1.54, 1.807) is 6.20 Å². The molecule has 0 saturated heterocycles. The van der Waals surface area contributed by atoms with Crippen molar-refractivity contribution in [1.29, 1.82) is 0 Å². The first-order valence-corrected chi connectivity index (χ1v) is 6.57. The Balaban J connectivity index is 1.96. The van der Waals surface area contributed by atoms with Crippen LogP contribution < -0.4 is 11.1 Å². The van der Waals surface area contributed by atoms with Gasteiger partial charge in [0.1, 0.15) is 0 Å². The van der Waals surface area contributed by atoms with Gasteiger partial charge in [-0.2, -0.15) is 5.10 Å². The number of fused-ring (bicyclic) bond motifs is 1. The number of benzene rings is 2. The highest BCUT2D eigenvalue weighted by molar-refractivity contribution is 5.91. The Hall–Kier alpha value is -2.62. The first kappa shape index (κ1) is 12.4. The van der Waals surface area contributed by atoms with Crippen LogP contribution in [-0.4, -0.2) is 10.2 Å². The molecule has 3 aromatic rings. The number of hydrogen-bond donors (Lipinski definition) is 2. The highest BCUT2D eigenvalue weighted by Gasteiger charge is 2.11. The standard InChI is InChI=1S/C16H16N4/c1-11(13-7-4-5-9-15(13)17)19-16-14-8-3-2-6-12(14)10-18-20-16/h2-11H,17H2,1H3,(H,19,20). The summed E-state index contributed by atoms with van der Waals surface area (Å²) in [5.74, 6) is 0.777. The lowest BCUT2D eigenvalue weighted by molar-refractivity contribution is 0.868. The topological polar surface area (TPSA) is 63.8 Å². The van der Waals surface area contributed by atoms with Gasteiger partial charge in [0.2, 0.25) is 0 Å². The van der Waals surface area contributed by atoms with Crippen LogP contribution in [0.5, 0.6) is 0 Å². The number of hydrogen-bond acceptors (Lipinski definition) is 4. The largest absolute Gasteiger partial charge is 0.398 e. The minimum atomic E-state index is 0.0660. The van der Waals surface area contributed by atoms with Crippen LogP contribution in [0, 0.1) is 0 Å². The van der Waals surface area contributed by atoms with Gasteiger partial charge in [0.15, 0.2) is 5.82 Å². The Labute approximate surface area is 117 Å². The summed E-state index contributed by atoms with van der Waals surface area (Å²) in [5, 5.41) is 13.8. The van der Waals surface area contributed by atoms with Crippen molar-refractivity contribution >= 4 is 22.3 Å². The molecule has 3 rings (SSSR count). The summed E-state index contributed by atoms with van der Waals surface area (Å²) < 4.78 is 0. The molecule has 4 heteroatoms. The predicted octanol–water partition coefficient (Wildman–Crippen LogP) is 3.39. The number of nitrogens with zero attached hydrogens (tertiary/aromatic N) is 2. The summed E-state index contributed by atoms with van der Waals surface area (Å²) in [7, 11) is 0. The maximum absolute atomic E-state index is 6.01. The molecule has 0 fully saturated rings. The van der Waals surface area contributed by atoms with Gasteiger partial charge < -0.3 is 11.1 Å². The van der Waals surface area contributed by atoms with Gasteiger partial charge in [-0.3, -0.25) is 0 Å². The molecule has 0 aliphatic rings. The van der Waals surface area contributed by atoms with E-state index >= 15 is 0 Å². The summed E-state index contributed by atoms with van der Waals surface area (Å²) in [4.78, 5) is 0. The number of nitrogens with two attached hydrogens (primary N) is 1. The minimum absolute atomic E-state index is 0.0660. The van der Waals surface area contributed by atoms with E-state index in [1.165, 1.54) is 0 Å². The molecule has 2 aromatic carbocycles. The van der Waals surface area contributed by atoms with E-state index in [1.807, 2.05) is 48.5 Å². The Morgan fingerprint density at radius 1 is 1.05 bits per heavy atom. The number of aromatic nitrogens is 2. The fourth-order valence-corrected chi connectivity index (χ4v) is 2.32. The molecule has 0 saturated carbocycles. The highest BCUT2D eigenvalue weighted by atomic mass is 15.2. The predicted molar refractivity (Wildman–Crippen MR) is 82.4 cm³/mol. The van der Waals surface area contributed by atoms with E-state index in [0.717, 1.165) is 27.8 Å². The summed E-state index contributed by atoms with van der Waals surface area (Å²) in [6.45, 7) is 2.06. The van der Waals surface area contributed by atoms with Crippen molar-refractivity contribution in [2.75, 3.05) is 11.1 Å². The minimum Gasteiger partial charge on any atom is -0.398 e. The number of para-hydroxylation sites is 1. The van der Waals surface area contributed by atoms with Gasteiger partial charge in [-0.1, -0.05) is 42.5 Å². The van der Waals surface area contributed by atoms with E-state index in [0.29, 0.717) is 0 Å². The van der Waals surface area contributed by atoms with E-state index in [4.69, 9.17) is 5.73 Å². The van der Waals surface area contributed by atoms with Crippen LogP contribution in [0.3, 0.4) is 0 Å². The Morgan fingerprint density at radius 2 is 1.80 bits per heavy atom. The van der Waals surface area contributed by atoms with Gasteiger partial charge in [0.05, 0.1) is 12.2 Å². The van der Waals surface area contributed by atoms with Crippen molar-refractivity contribution in [2.45, 2.75) is 13.0 Å². The fourth-order valence-electron chi connectivity index (χ4n) is 2.32. The molecule has 100 valence electrons. The summed E-state index contributed by atoms with van der Waals surface area (Å²) in [6.07, 6.45) is 1.77. The molecule has 1 aromatic heterocycles. The maximum Gasteiger partial charge on any atom is 0.157 e. The molecule has 1 unspecified atom stereocenters. The molecule has 3 N–H and O–H groups in total. The third-order valence-electron chi connectivity index (χ3n) is 3.39. The summed E-state index contributed by atoms with van der Waals surface area (Å²) in [5.41, 5.74) is 7.85. The summed E-state index contributed by atoms with van der Waals surface area (Å²) in [6, 6.07) is 16.0.